The predicted octanol–water partition coefficient (Wildman–Crippen LogP) is 5.99. The number of nitriles is 1. The fraction of sp³-hybridized carbons (Fsp3) is 0.152. The Bertz CT molecular complexity index is 1800. The zero-order valence-electron chi connectivity index (χ0n) is 23.5. The van der Waals surface area contributed by atoms with Crippen molar-refractivity contribution in [3.63, 3.8) is 0 Å². The second-order valence-corrected chi connectivity index (χ2v) is 10.6. The Balaban J connectivity index is 1.67. The summed E-state index contributed by atoms with van der Waals surface area (Å²) in [5.74, 6) is -2.50. The molecule has 0 saturated carbocycles. The molecule has 1 unspecified atom stereocenters. The van der Waals surface area contributed by atoms with Gasteiger partial charge in [0.1, 0.15) is 16.5 Å². The van der Waals surface area contributed by atoms with Crippen molar-refractivity contribution in [1.82, 2.24) is 4.98 Å². The Kier molecular flexibility index (Phi) is 7.91. The third kappa shape index (κ3) is 5.04. The number of carbonyl (C=O) groups excluding carboxylic acids is 2. The molecule has 2 heterocycles. The summed E-state index contributed by atoms with van der Waals surface area (Å²) in [7, 11) is 2.44. The lowest BCUT2D eigenvalue weighted by Crippen LogP contribution is -2.40. The van der Waals surface area contributed by atoms with Crippen LogP contribution < -0.4 is 10.6 Å². The number of ether oxygens (including phenoxy) is 2. The second kappa shape index (κ2) is 11.7. The minimum atomic E-state index is -0.934. The van der Waals surface area contributed by atoms with Crippen LogP contribution >= 0.6 is 11.3 Å². The van der Waals surface area contributed by atoms with Gasteiger partial charge in [0.25, 0.3) is 0 Å². The number of hydrogen-bond acceptors (Lipinski definition) is 9. The van der Waals surface area contributed by atoms with Crippen LogP contribution in [0, 0.1) is 25.2 Å². The van der Waals surface area contributed by atoms with Gasteiger partial charge in [-0.25, -0.2) is 14.6 Å². The van der Waals surface area contributed by atoms with E-state index in [1.54, 1.807) is 36.4 Å². The molecule has 0 amide bonds. The van der Waals surface area contributed by atoms with E-state index in [9.17, 15) is 14.9 Å². The maximum absolute atomic E-state index is 13.4. The minimum Gasteiger partial charge on any atom is -0.466 e. The molecule has 1 aliphatic rings. The number of nitrogens with zero attached hydrogens (tertiary/aromatic N) is 3. The van der Waals surface area contributed by atoms with Crippen LogP contribution in [-0.4, -0.2) is 31.1 Å². The van der Waals surface area contributed by atoms with E-state index < -0.39 is 17.9 Å². The van der Waals surface area contributed by atoms with Crippen molar-refractivity contribution >= 4 is 29.0 Å². The van der Waals surface area contributed by atoms with Crippen molar-refractivity contribution in [2.75, 3.05) is 19.1 Å². The summed E-state index contributed by atoms with van der Waals surface area (Å²) in [5.41, 5.74) is 12.7. The van der Waals surface area contributed by atoms with Gasteiger partial charge in [0.2, 0.25) is 0 Å². The quantitative estimate of drug-likeness (QED) is 0.278. The van der Waals surface area contributed by atoms with Crippen molar-refractivity contribution in [2.45, 2.75) is 19.8 Å². The van der Waals surface area contributed by atoms with Crippen molar-refractivity contribution in [2.24, 2.45) is 5.73 Å². The van der Waals surface area contributed by atoms with Crippen LogP contribution in [0.1, 0.15) is 22.6 Å². The molecule has 0 spiro atoms. The third-order valence-electron chi connectivity index (χ3n) is 7.27. The summed E-state index contributed by atoms with van der Waals surface area (Å²) < 4.78 is 10.3. The third-order valence-corrected chi connectivity index (χ3v) is 8.16. The van der Waals surface area contributed by atoms with Crippen LogP contribution in [0.15, 0.2) is 101 Å². The molecule has 4 aromatic rings. The summed E-state index contributed by atoms with van der Waals surface area (Å²) in [5, 5.41) is 13.0. The van der Waals surface area contributed by atoms with Crippen LogP contribution in [-0.2, 0) is 19.1 Å². The molecule has 1 atom stereocenters. The Morgan fingerprint density at radius 3 is 2.33 bits per heavy atom. The first kappa shape index (κ1) is 28.3. The molecule has 1 aliphatic heterocycles. The second-order valence-electron chi connectivity index (χ2n) is 9.72. The molecule has 1 aromatic heterocycles. The average molecular weight is 577 g/mol. The summed E-state index contributed by atoms with van der Waals surface area (Å²) in [4.78, 5) is 32.9. The van der Waals surface area contributed by atoms with Gasteiger partial charge in [0, 0.05) is 22.2 Å². The van der Waals surface area contributed by atoms with E-state index in [1.807, 2.05) is 29.6 Å². The van der Waals surface area contributed by atoms with E-state index in [0.717, 1.165) is 21.8 Å². The van der Waals surface area contributed by atoms with Crippen molar-refractivity contribution in [3.8, 4) is 27.9 Å². The van der Waals surface area contributed by atoms with Crippen molar-refractivity contribution < 1.29 is 19.1 Å². The molecule has 0 saturated heterocycles. The number of allylic oxidation sites excluding steroid dienone is 1. The van der Waals surface area contributed by atoms with Gasteiger partial charge in [0.15, 0.2) is 0 Å². The highest BCUT2D eigenvalue weighted by Gasteiger charge is 2.43. The van der Waals surface area contributed by atoms with Crippen molar-refractivity contribution in [1.29, 1.82) is 5.26 Å². The minimum absolute atomic E-state index is 0.00603. The fourth-order valence-corrected chi connectivity index (χ4v) is 5.83. The van der Waals surface area contributed by atoms with Crippen LogP contribution in [0.5, 0.6) is 0 Å². The number of anilines is 1. The van der Waals surface area contributed by atoms with E-state index in [4.69, 9.17) is 20.2 Å². The lowest BCUT2D eigenvalue weighted by molar-refractivity contribution is -0.139. The van der Waals surface area contributed by atoms with E-state index >= 15 is 0 Å². The predicted molar refractivity (Wildman–Crippen MR) is 162 cm³/mol. The Morgan fingerprint density at radius 2 is 1.67 bits per heavy atom. The lowest BCUT2D eigenvalue weighted by Gasteiger charge is -2.36. The number of rotatable bonds is 6. The van der Waals surface area contributed by atoms with E-state index in [1.165, 1.54) is 41.6 Å². The standard InChI is InChI=1S/C33H28N4O4S/c1-19-13-14-22(15-20(19)2)26-18-42-31(36-26)23-11-8-12-24(16-23)37-29(33(39)41-4)28(32(38)40-3)27(25(17-34)30(37)35)21-9-6-5-7-10-21/h5-16,18,27H,35H2,1-4H3. The molecule has 2 N–H and O–H groups in total. The highest BCUT2D eigenvalue weighted by Crippen LogP contribution is 2.44. The maximum atomic E-state index is 13.4. The van der Waals surface area contributed by atoms with Gasteiger partial charge in [-0.05, 0) is 48.7 Å². The zero-order chi connectivity index (χ0) is 30.0. The molecule has 3 aromatic carbocycles. The molecule has 9 heteroatoms. The first-order valence-corrected chi connectivity index (χ1v) is 14.0. The number of nitrogens with two attached hydrogens (primary N) is 1. The molecule has 0 bridgehead atoms. The first-order chi connectivity index (χ1) is 20.3. The Morgan fingerprint density at radius 1 is 0.929 bits per heavy atom. The molecule has 0 aliphatic carbocycles. The van der Waals surface area contributed by atoms with E-state index in [-0.39, 0.29) is 22.7 Å². The number of aryl methyl sites for hydroxylation is 2. The Hall–Kier alpha value is -5.20. The van der Waals surface area contributed by atoms with E-state index in [2.05, 4.69) is 32.0 Å². The summed E-state index contributed by atoms with van der Waals surface area (Å²) >= 11 is 1.48. The monoisotopic (exact) mass is 576 g/mol. The smallest absolute Gasteiger partial charge is 0.355 e. The highest BCUT2D eigenvalue weighted by atomic mass is 32.1. The van der Waals surface area contributed by atoms with Gasteiger partial charge in [-0.2, -0.15) is 5.26 Å². The largest absolute Gasteiger partial charge is 0.466 e. The molecule has 5 rings (SSSR count). The molecule has 0 radical (unpaired) electrons. The molecular weight excluding hydrogens is 548 g/mol. The van der Waals surface area contributed by atoms with Crippen LogP contribution in [0.25, 0.3) is 21.8 Å². The normalized spacial score (nSPS) is 14.9. The van der Waals surface area contributed by atoms with Gasteiger partial charge < -0.3 is 15.2 Å². The SMILES string of the molecule is COC(=O)C1=C(C(=O)OC)N(c2cccc(-c3nc(-c4ccc(C)c(C)c4)cs3)c2)C(N)=C(C#N)C1c1ccccc1. The first-order valence-electron chi connectivity index (χ1n) is 13.1. The molecular formula is C33H28N4O4S. The number of aromatic nitrogens is 1. The van der Waals surface area contributed by atoms with Gasteiger partial charge in [-0.3, -0.25) is 4.90 Å². The number of benzene rings is 3. The fourth-order valence-electron chi connectivity index (χ4n) is 5.00. The summed E-state index contributed by atoms with van der Waals surface area (Å²) in [6, 6.07) is 24.6. The highest BCUT2D eigenvalue weighted by molar-refractivity contribution is 7.13. The topological polar surface area (TPSA) is 119 Å². The molecule has 8 nitrogen and oxygen atoms in total. The average Bonchev–Trinajstić information content (AvgIpc) is 3.52. The van der Waals surface area contributed by atoms with Crippen LogP contribution in [0.3, 0.4) is 0 Å². The molecule has 210 valence electrons. The van der Waals surface area contributed by atoms with Gasteiger partial charge in [0.05, 0.1) is 43.0 Å². The molecule has 42 heavy (non-hydrogen) atoms. The molecule has 0 fully saturated rings. The number of thiazole rings is 1. The van der Waals surface area contributed by atoms with Gasteiger partial charge in [-0.15, -0.1) is 11.3 Å². The zero-order valence-corrected chi connectivity index (χ0v) is 24.4. The summed E-state index contributed by atoms with van der Waals surface area (Å²) in [6.45, 7) is 4.14. The lowest BCUT2D eigenvalue weighted by atomic mass is 9.81. The van der Waals surface area contributed by atoms with Gasteiger partial charge in [-0.1, -0.05) is 54.6 Å². The number of hydrogen-bond donors (Lipinski definition) is 1. The van der Waals surface area contributed by atoms with Crippen LogP contribution in [0.4, 0.5) is 5.69 Å². The van der Waals surface area contributed by atoms with Gasteiger partial charge >= 0.3 is 11.9 Å². The number of methoxy groups -OCH3 is 2. The Labute approximate surface area is 247 Å². The number of carbonyl (C=O) groups is 2. The van der Waals surface area contributed by atoms with Crippen LogP contribution in [0.2, 0.25) is 0 Å². The van der Waals surface area contributed by atoms with E-state index in [0.29, 0.717) is 11.3 Å². The van der Waals surface area contributed by atoms with Crippen molar-refractivity contribution in [3.05, 3.63) is 118 Å². The summed E-state index contributed by atoms with van der Waals surface area (Å²) in [6.07, 6.45) is 0. The number of esters is 2. The maximum Gasteiger partial charge on any atom is 0.355 e.